The molecular weight excluding hydrogens is 353 g/mol. The standard InChI is InChI=1S/C15H19N5O2.2ClH/c21-15(9-22-14-6-16-7-14)18-5-12-3-1-2-4-13(12)8-20-11-17-10-19-20;;/h1-4,10-11,14,16H,5-9H2,(H,18,21);2*1H. The Balaban J connectivity index is 0.00000144. The Hall–Kier alpha value is -1.67. The molecule has 2 heterocycles. The summed E-state index contributed by atoms with van der Waals surface area (Å²) in [6.07, 6.45) is 3.36. The third-order valence-corrected chi connectivity index (χ3v) is 3.59. The number of rotatable bonds is 7. The number of nitrogens with one attached hydrogen (secondary N) is 2. The lowest BCUT2D eigenvalue weighted by Gasteiger charge is -2.26. The molecule has 1 saturated heterocycles. The van der Waals surface area contributed by atoms with Crippen molar-refractivity contribution in [2.75, 3.05) is 19.7 Å². The molecule has 1 aliphatic rings. The van der Waals surface area contributed by atoms with Crippen LogP contribution in [0.3, 0.4) is 0 Å². The van der Waals surface area contributed by atoms with Crippen molar-refractivity contribution in [2.45, 2.75) is 19.2 Å². The van der Waals surface area contributed by atoms with Crippen LogP contribution < -0.4 is 10.6 Å². The van der Waals surface area contributed by atoms with E-state index in [-0.39, 0.29) is 43.4 Å². The molecule has 1 aliphatic heterocycles. The minimum atomic E-state index is -0.0949. The Morgan fingerprint density at radius 2 is 2.04 bits per heavy atom. The number of aromatic nitrogens is 3. The van der Waals surface area contributed by atoms with E-state index in [2.05, 4.69) is 20.7 Å². The molecule has 9 heteroatoms. The van der Waals surface area contributed by atoms with Crippen molar-refractivity contribution >= 4 is 30.7 Å². The lowest BCUT2D eigenvalue weighted by molar-refractivity contribution is -0.128. The van der Waals surface area contributed by atoms with Gasteiger partial charge < -0.3 is 15.4 Å². The molecule has 132 valence electrons. The van der Waals surface area contributed by atoms with E-state index in [1.54, 1.807) is 11.0 Å². The largest absolute Gasteiger partial charge is 0.366 e. The highest BCUT2D eigenvalue weighted by Crippen LogP contribution is 2.10. The highest BCUT2D eigenvalue weighted by atomic mass is 35.5. The van der Waals surface area contributed by atoms with Gasteiger partial charge in [-0.05, 0) is 11.1 Å². The molecule has 2 aromatic rings. The first-order chi connectivity index (χ1) is 10.8. The number of hydrogen-bond acceptors (Lipinski definition) is 5. The van der Waals surface area contributed by atoms with Crippen LogP contribution in [0.25, 0.3) is 0 Å². The number of ether oxygens (including phenoxy) is 1. The SMILES string of the molecule is Cl.Cl.O=C(COC1CNC1)NCc1ccccc1Cn1cncn1. The van der Waals surface area contributed by atoms with E-state index in [0.717, 1.165) is 24.2 Å². The lowest BCUT2D eigenvalue weighted by Crippen LogP contribution is -2.49. The van der Waals surface area contributed by atoms with Gasteiger partial charge in [-0.1, -0.05) is 24.3 Å². The first kappa shape index (κ1) is 20.4. The zero-order chi connectivity index (χ0) is 15.2. The first-order valence-corrected chi connectivity index (χ1v) is 7.29. The van der Waals surface area contributed by atoms with Crippen molar-refractivity contribution < 1.29 is 9.53 Å². The Kier molecular flexibility index (Phi) is 8.70. The van der Waals surface area contributed by atoms with E-state index in [4.69, 9.17) is 4.74 Å². The highest BCUT2D eigenvalue weighted by molar-refractivity contribution is 5.85. The molecule has 1 fully saturated rings. The predicted octanol–water partition coefficient (Wildman–Crippen LogP) is 0.775. The Morgan fingerprint density at radius 1 is 1.29 bits per heavy atom. The summed E-state index contributed by atoms with van der Waals surface area (Å²) in [5, 5.41) is 10.1. The topological polar surface area (TPSA) is 81.1 Å². The van der Waals surface area contributed by atoms with Crippen molar-refractivity contribution in [2.24, 2.45) is 0 Å². The van der Waals surface area contributed by atoms with Crippen molar-refractivity contribution in [1.82, 2.24) is 25.4 Å². The second-order valence-corrected chi connectivity index (χ2v) is 5.23. The van der Waals surface area contributed by atoms with Crippen LogP contribution >= 0.6 is 24.8 Å². The average molecular weight is 374 g/mol. The number of benzene rings is 1. The van der Waals surface area contributed by atoms with Crippen molar-refractivity contribution in [3.05, 3.63) is 48.0 Å². The van der Waals surface area contributed by atoms with E-state index in [1.165, 1.54) is 6.33 Å². The van der Waals surface area contributed by atoms with E-state index in [9.17, 15) is 4.79 Å². The van der Waals surface area contributed by atoms with Crippen LogP contribution in [0.1, 0.15) is 11.1 Å². The zero-order valence-corrected chi connectivity index (χ0v) is 14.7. The number of nitrogens with zero attached hydrogens (tertiary/aromatic N) is 3. The summed E-state index contributed by atoms with van der Waals surface area (Å²) in [4.78, 5) is 15.7. The van der Waals surface area contributed by atoms with E-state index in [0.29, 0.717) is 13.1 Å². The molecule has 24 heavy (non-hydrogen) atoms. The number of carbonyl (C=O) groups excluding carboxylic acids is 1. The Labute approximate surface area is 153 Å². The van der Waals surface area contributed by atoms with Gasteiger partial charge in [-0.2, -0.15) is 5.10 Å². The molecule has 2 N–H and O–H groups in total. The Morgan fingerprint density at radius 3 is 2.67 bits per heavy atom. The second-order valence-electron chi connectivity index (χ2n) is 5.23. The second kappa shape index (κ2) is 10.2. The van der Waals surface area contributed by atoms with Gasteiger partial charge in [0.2, 0.25) is 5.91 Å². The summed E-state index contributed by atoms with van der Waals surface area (Å²) in [5.74, 6) is -0.0949. The van der Waals surface area contributed by atoms with Crippen LogP contribution in [0.4, 0.5) is 0 Å². The summed E-state index contributed by atoms with van der Waals surface area (Å²) < 4.78 is 7.20. The number of amides is 1. The van der Waals surface area contributed by atoms with Crippen LogP contribution in [0.5, 0.6) is 0 Å². The quantitative estimate of drug-likeness (QED) is 0.749. The molecule has 1 amide bonds. The van der Waals surface area contributed by atoms with Gasteiger partial charge in [0.15, 0.2) is 0 Å². The van der Waals surface area contributed by atoms with E-state index in [1.807, 2.05) is 24.3 Å². The third-order valence-electron chi connectivity index (χ3n) is 3.59. The highest BCUT2D eigenvalue weighted by Gasteiger charge is 2.18. The molecule has 0 atom stereocenters. The summed E-state index contributed by atoms with van der Waals surface area (Å²) in [6, 6.07) is 7.97. The molecule has 0 unspecified atom stereocenters. The smallest absolute Gasteiger partial charge is 0.246 e. The van der Waals surface area contributed by atoms with Crippen molar-refractivity contribution in [3.63, 3.8) is 0 Å². The van der Waals surface area contributed by atoms with Crippen LogP contribution in [0, 0.1) is 0 Å². The van der Waals surface area contributed by atoms with Crippen LogP contribution in [0.2, 0.25) is 0 Å². The molecular formula is C15H21Cl2N5O2. The van der Waals surface area contributed by atoms with Gasteiger partial charge in [0.05, 0.1) is 12.6 Å². The summed E-state index contributed by atoms with van der Waals surface area (Å²) in [7, 11) is 0. The summed E-state index contributed by atoms with van der Waals surface area (Å²) in [6.45, 7) is 2.88. The van der Waals surface area contributed by atoms with Crippen LogP contribution in [-0.4, -0.2) is 46.5 Å². The normalized spacial score (nSPS) is 13.3. The maximum atomic E-state index is 11.8. The Bertz CT molecular complexity index is 620. The average Bonchev–Trinajstić information content (AvgIpc) is 2.98. The number of halogens is 2. The van der Waals surface area contributed by atoms with Crippen molar-refractivity contribution in [1.29, 1.82) is 0 Å². The fourth-order valence-electron chi connectivity index (χ4n) is 2.19. The molecule has 0 saturated carbocycles. The minimum absolute atomic E-state index is 0. The maximum absolute atomic E-state index is 11.8. The van der Waals surface area contributed by atoms with Gasteiger partial charge in [0.1, 0.15) is 19.3 Å². The molecule has 1 aromatic heterocycles. The fourth-order valence-corrected chi connectivity index (χ4v) is 2.19. The molecule has 0 radical (unpaired) electrons. The molecule has 0 aliphatic carbocycles. The predicted molar refractivity (Wildman–Crippen MR) is 94.5 cm³/mol. The number of hydrogen-bond donors (Lipinski definition) is 2. The van der Waals surface area contributed by atoms with Gasteiger partial charge in [-0.15, -0.1) is 24.8 Å². The molecule has 0 spiro atoms. The van der Waals surface area contributed by atoms with Gasteiger partial charge >= 0.3 is 0 Å². The van der Waals surface area contributed by atoms with E-state index < -0.39 is 0 Å². The van der Waals surface area contributed by atoms with Gasteiger partial charge in [0, 0.05) is 19.6 Å². The van der Waals surface area contributed by atoms with Gasteiger partial charge in [0.25, 0.3) is 0 Å². The van der Waals surface area contributed by atoms with E-state index >= 15 is 0 Å². The van der Waals surface area contributed by atoms with Gasteiger partial charge in [-0.25, -0.2) is 9.67 Å². The summed E-state index contributed by atoms with van der Waals surface area (Å²) >= 11 is 0. The van der Waals surface area contributed by atoms with Crippen molar-refractivity contribution in [3.8, 4) is 0 Å². The monoisotopic (exact) mass is 373 g/mol. The maximum Gasteiger partial charge on any atom is 0.246 e. The molecule has 0 bridgehead atoms. The molecule has 1 aromatic carbocycles. The number of carbonyl (C=O) groups is 1. The molecule has 7 nitrogen and oxygen atoms in total. The van der Waals surface area contributed by atoms with Crippen LogP contribution in [0.15, 0.2) is 36.9 Å². The zero-order valence-electron chi connectivity index (χ0n) is 13.1. The van der Waals surface area contributed by atoms with Crippen LogP contribution in [-0.2, 0) is 22.6 Å². The third kappa shape index (κ3) is 5.76. The van der Waals surface area contributed by atoms with Gasteiger partial charge in [-0.3, -0.25) is 4.79 Å². The lowest BCUT2D eigenvalue weighted by atomic mass is 10.1. The summed E-state index contributed by atoms with van der Waals surface area (Å²) in [5.41, 5.74) is 2.18. The first-order valence-electron chi connectivity index (χ1n) is 7.29. The minimum Gasteiger partial charge on any atom is -0.366 e. The fraction of sp³-hybridized carbons (Fsp3) is 0.400. The molecule has 3 rings (SSSR count).